The van der Waals surface area contributed by atoms with Gasteiger partial charge in [-0.25, -0.2) is 18.3 Å². The summed E-state index contributed by atoms with van der Waals surface area (Å²) < 4.78 is 35.7. The van der Waals surface area contributed by atoms with Crippen molar-refractivity contribution in [1.29, 1.82) is 0 Å². The zero-order valence-corrected chi connectivity index (χ0v) is 20.0. The Morgan fingerprint density at radius 2 is 1.76 bits per heavy atom. The molecule has 4 rings (SSSR count). The quantitative estimate of drug-likeness (QED) is 0.530. The van der Waals surface area contributed by atoms with Crippen molar-refractivity contribution in [3.8, 4) is 16.9 Å². The van der Waals surface area contributed by atoms with E-state index in [1.54, 1.807) is 47.0 Å². The molecular weight excluding hydrogens is 438 g/mol. The van der Waals surface area contributed by atoms with Crippen molar-refractivity contribution < 1.29 is 18.3 Å². The van der Waals surface area contributed by atoms with Gasteiger partial charge in [0, 0.05) is 43.9 Å². The molecule has 1 fully saturated rings. The van der Waals surface area contributed by atoms with Crippen molar-refractivity contribution in [2.45, 2.75) is 39.8 Å². The second-order valence-corrected chi connectivity index (χ2v) is 9.58. The molecular formula is C26H30F2N4O2. The molecule has 1 aliphatic heterocycles. The maximum atomic E-state index is 14.9. The number of halogens is 2. The van der Waals surface area contributed by atoms with Crippen molar-refractivity contribution >= 4 is 6.09 Å². The second kappa shape index (κ2) is 9.54. The summed E-state index contributed by atoms with van der Waals surface area (Å²) in [6.07, 6.45) is 1.43. The van der Waals surface area contributed by atoms with Crippen LogP contribution >= 0.6 is 0 Å². The highest BCUT2D eigenvalue weighted by Crippen LogP contribution is 2.31. The lowest BCUT2D eigenvalue weighted by atomic mass is 10.1. The van der Waals surface area contributed by atoms with E-state index < -0.39 is 5.60 Å². The molecule has 34 heavy (non-hydrogen) atoms. The molecule has 1 aliphatic rings. The third kappa shape index (κ3) is 5.28. The van der Waals surface area contributed by atoms with Crippen LogP contribution in [0.2, 0.25) is 0 Å². The monoisotopic (exact) mass is 468 g/mol. The average Bonchev–Trinajstić information content (AvgIpc) is 3.16. The molecule has 0 unspecified atom stereocenters. The normalized spacial score (nSPS) is 14.9. The van der Waals surface area contributed by atoms with E-state index in [4.69, 9.17) is 4.74 Å². The van der Waals surface area contributed by atoms with Crippen LogP contribution in [0.25, 0.3) is 16.9 Å². The fraction of sp³-hybridized carbons (Fsp3) is 0.385. The number of aryl methyl sites for hydroxylation is 1. The van der Waals surface area contributed by atoms with E-state index in [0.29, 0.717) is 55.2 Å². The zero-order chi connectivity index (χ0) is 24.5. The first-order chi connectivity index (χ1) is 16.1. The first kappa shape index (κ1) is 23.9. The average molecular weight is 469 g/mol. The van der Waals surface area contributed by atoms with Crippen LogP contribution in [-0.2, 0) is 11.3 Å². The van der Waals surface area contributed by atoms with Crippen LogP contribution in [0.15, 0.2) is 48.7 Å². The Morgan fingerprint density at radius 3 is 2.41 bits per heavy atom. The van der Waals surface area contributed by atoms with Gasteiger partial charge in [0.2, 0.25) is 0 Å². The molecule has 0 atom stereocenters. The smallest absolute Gasteiger partial charge is 0.410 e. The van der Waals surface area contributed by atoms with Crippen LogP contribution in [0.4, 0.5) is 13.6 Å². The molecule has 6 nitrogen and oxygen atoms in total. The number of rotatable bonds is 4. The summed E-state index contributed by atoms with van der Waals surface area (Å²) in [7, 11) is 0. The number of hydrogen-bond donors (Lipinski definition) is 0. The maximum absolute atomic E-state index is 14.9. The molecule has 0 N–H and O–H groups in total. The van der Waals surface area contributed by atoms with Gasteiger partial charge in [-0.3, -0.25) is 4.90 Å². The summed E-state index contributed by atoms with van der Waals surface area (Å²) in [5.41, 5.74) is 2.81. The molecule has 0 saturated carbocycles. The number of amides is 1. The lowest BCUT2D eigenvalue weighted by Crippen LogP contribution is -2.49. The number of aromatic nitrogens is 2. The predicted octanol–water partition coefficient (Wildman–Crippen LogP) is 5.18. The Balaban J connectivity index is 1.59. The van der Waals surface area contributed by atoms with Gasteiger partial charge in [-0.15, -0.1) is 0 Å². The van der Waals surface area contributed by atoms with Gasteiger partial charge < -0.3 is 9.64 Å². The fourth-order valence-corrected chi connectivity index (χ4v) is 4.13. The number of nitrogens with zero attached hydrogens (tertiary/aromatic N) is 4. The molecule has 1 amide bonds. The summed E-state index contributed by atoms with van der Waals surface area (Å²) in [4.78, 5) is 16.3. The molecule has 8 heteroatoms. The van der Waals surface area contributed by atoms with Gasteiger partial charge in [0.05, 0.1) is 17.6 Å². The van der Waals surface area contributed by atoms with Gasteiger partial charge in [0.25, 0.3) is 0 Å². The van der Waals surface area contributed by atoms with Gasteiger partial charge in [-0.1, -0.05) is 12.1 Å². The summed E-state index contributed by atoms with van der Waals surface area (Å²) in [5, 5.41) is 4.56. The van der Waals surface area contributed by atoms with Crippen LogP contribution in [0.1, 0.15) is 31.9 Å². The number of ether oxygens (including phenoxy) is 1. The van der Waals surface area contributed by atoms with Gasteiger partial charge >= 0.3 is 6.09 Å². The number of hydrogen-bond acceptors (Lipinski definition) is 4. The molecule has 0 bridgehead atoms. The lowest BCUT2D eigenvalue weighted by Gasteiger charge is -2.35. The minimum absolute atomic E-state index is 0.307. The van der Waals surface area contributed by atoms with E-state index in [9.17, 15) is 13.6 Å². The van der Waals surface area contributed by atoms with Crippen LogP contribution in [0.5, 0.6) is 0 Å². The molecule has 2 aromatic carbocycles. The predicted molar refractivity (Wildman–Crippen MR) is 127 cm³/mol. The van der Waals surface area contributed by atoms with Crippen molar-refractivity contribution in [3.63, 3.8) is 0 Å². The molecule has 180 valence electrons. The number of benzene rings is 2. The van der Waals surface area contributed by atoms with Gasteiger partial charge in [0.15, 0.2) is 0 Å². The van der Waals surface area contributed by atoms with Crippen LogP contribution in [0.3, 0.4) is 0 Å². The first-order valence-corrected chi connectivity index (χ1v) is 11.4. The van der Waals surface area contributed by atoms with Crippen molar-refractivity contribution in [1.82, 2.24) is 19.6 Å². The maximum Gasteiger partial charge on any atom is 0.410 e. The molecule has 3 aromatic rings. The van der Waals surface area contributed by atoms with Crippen molar-refractivity contribution in [2.75, 3.05) is 26.2 Å². The molecule has 0 aliphatic carbocycles. The zero-order valence-electron chi connectivity index (χ0n) is 20.0. The second-order valence-electron chi connectivity index (χ2n) is 9.58. The summed E-state index contributed by atoms with van der Waals surface area (Å²) in [5.74, 6) is -0.677. The highest BCUT2D eigenvalue weighted by atomic mass is 19.1. The molecule has 0 spiro atoms. The van der Waals surface area contributed by atoms with E-state index in [1.165, 1.54) is 18.2 Å². The van der Waals surface area contributed by atoms with Crippen LogP contribution in [-0.4, -0.2) is 57.5 Å². The minimum Gasteiger partial charge on any atom is -0.444 e. The topological polar surface area (TPSA) is 50.6 Å². The third-order valence-electron chi connectivity index (χ3n) is 5.78. The fourth-order valence-electron chi connectivity index (χ4n) is 4.13. The Morgan fingerprint density at radius 1 is 1.06 bits per heavy atom. The highest BCUT2D eigenvalue weighted by molar-refractivity contribution is 5.68. The standard InChI is InChI=1S/C26H30F2N4O2/c1-18-15-20(27)9-10-23(18)32-24(21-7-5-6-8-22(21)28)19(16-29-32)17-30-11-13-31(14-12-30)25(33)34-26(2,3)4/h5-10,15-16H,11-14,17H2,1-4H3. The molecule has 1 aromatic heterocycles. The van der Waals surface area contributed by atoms with E-state index in [1.807, 2.05) is 20.8 Å². The largest absolute Gasteiger partial charge is 0.444 e. The third-order valence-corrected chi connectivity index (χ3v) is 5.78. The van der Waals surface area contributed by atoms with Crippen LogP contribution < -0.4 is 0 Å². The van der Waals surface area contributed by atoms with E-state index >= 15 is 0 Å². The Bertz CT molecular complexity index is 1180. The Hall–Kier alpha value is -3.26. The molecule has 1 saturated heterocycles. The SMILES string of the molecule is Cc1cc(F)ccc1-n1ncc(CN2CCN(C(=O)OC(C)(C)C)CC2)c1-c1ccccc1F. The molecule has 0 radical (unpaired) electrons. The highest BCUT2D eigenvalue weighted by Gasteiger charge is 2.27. The first-order valence-electron chi connectivity index (χ1n) is 11.4. The van der Waals surface area contributed by atoms with Gasteiger partial charge in [0.1, 0.15) is 17.2 Å². The van der Waals surface area contributed by atoms with E-state index in [2.05, 4.69) is 10.00 Å². The molecule has 2 heterocycles. The summed E-state index contributed by atoms with van der Waals surface area (Å²) in [6.45, 7) is 10.3. The lowest BCUT2D eigenvalue weighted by molar-refractivity contribution is 0.0139. The van der Waals surface area contributed by atoms with E-state index in [-0.39, 0.29) is 17.7 Å². The van der Waals surface area contributed by atoms with Gasteiger partial charge in [-0.2, -0.15) is 5.10 Å². The van der Waals surface area contributed by atoms with Crippen LogP contribution in [0, 0.1) is 18.6 Å². The van der Waals surface area contributed by atoms with E-state index in [0.717, 1.165) is 5.56 Å². The minimum atomic E-state index is -0.532. The van der Waals surface area contributed by atoms with Gasteiger partial charge in [-0.05, 0) is 63.6 Å². The Kier molecular flexibility index (Phi) is 6.70. The number of carbonyl (C=O) groups is 1. The summed E-state index contributed by atoms with van der Waals surface area (Å²) >= 11 is 0. The Labute approximate surface area is 198 Å². The number of carbonyl (C=O) groups excluding carboxylic acids is 1. The number of piperazine rings is 1. The van der Waals surface area contributed by atoms with Crippen molar-refractivity contribution in [3.05, 3.63) is 71.4 Å². The van der Waals surface area contributed by atoms with Crippen molar-refractivity contribution in [2.24, 2.45) is 0 Å². The summed E-state index contributed by atoms with van der Waals surface area (Å²) in [6, 6.07) is 11.1.